The Balaban J connectivity index is 1.29. The number of oxazole rings is 1. The number of aliphatic imine (C=N–C) groups is 1. The predicted octanol–water partition coefficient (Wildman–Crippen LogP) is 4.52. The molecular formula is C26H30N6O. The number of nitrogens with zero attached hydrogens (tertiary/aromatic N) is 4. The Kier molecular flexibility index (Phi) is 7.53. The minimum atomic E-state index is 0.453. The topological polar surface area (TPSA) is 80.3 Å². The van der Waals surface area contributed by atoms with Crippen LogP contribution in [-0.4, -0.2) is 33.8 Å². The van der Waals surface area contributed by atoms with E-state index in [2.05, 4.69) is 57.9 Å². The molecule has 4 aromatic rings. The Morgan fingerprint density at radius 3 is 2.55 bits per heavy atom. The average molecular weight is 443 g/mol. The summed E-state index contributed by atoms with van der Waals surface area (Å²) in [5.41, 5.74) is 5.17. The van der Waals surface area contributed by atoms with E-state index in [1.54, 1.807) is 6.26 Å². The van der Waals surface area contributed by atoms with Crippen LogP contribution in [0.3, 0.4) is 0 Å². The third-order valence-corrected chi connectivity index (χ3v) is 5.25. The third kappa shape index (κ3) is 6.10. The first-order chi connectivity index (χ1) is 16.2. The summed E-state index contributed by atoms with van der Waals surface area (Å²) in [5.74, 6) is 1.39. The van der Waals surface area contributed by atoms with Gasteiger partial charge in [0.25, 0.3) is 0 Å². The number of para-hydroxylation sites is 1. The number of aryl methyl sites for hydroxylation is 2. The van der Waals surface area contributed by atoms with Gasteiger partial charge in [-0.25, -0.2) is 14.7 Å². The molecule has 7 nitrogen and oxygen atoms in total. The highest BCUT2D eigenvalue weighted by atomic mass is 16.3. The molecule has 0 saturated carbocycles. The second-order valence-electron chi connectivity index (χ2n) is 7.76. The van der Waals surface area contributed by atoms with Crippen LogP contribution in [0.15, 0.2) is 82.5 Å². The third-order valence-electron chi connectivity index (χ3n) is 5.25. The Bertz CT molecular complexity index is 1160. The van der Waals surface area contributed by atoms with Gasteiger partial charge in [-0.2, -0.15) is 5.10 Å². The summed E-state index contributed by atoms with van der Waals surface area (Å²) in [6.45, 7) is 6.19. The molecule has 2 N–H and O–H groups in total. The molecule has 0 amide bonds. The van der Waals surface area contributed by atoms with Crippen LogP contribution in [0.5, 0.6) is 0 Å². The van der Waals surface area contributed by atoms with Crippen molar-refractivity contribution in [3.05, 3.63) is 90.1 Å². The highest BCUT2D eigenvalue weighted by molar-refractivity contribution is 5.79. The summed E-state index contributed by atoms with van der Waals surface area (Å²) in [4.78, 5) is 9.20. The molecule has 2 aromatic heterocycles. The first-order valence-electron chi connectivity index (χ1n) is 11.4. The van der Waals surface area contributed by atoms with Gasteiger partial charge >= 0.3 is 0 Å². The summed E-state index contributed by atoms with van der Waals surface area (Å²) in [7, 11) is 0. The lowest BCUT2D eigenvalue weighted by Crippen LogP contribution is -2.37. The van der Waals surface area contributed by atoms with Crippen molar-refractivity contribution in [2.45, 2.75) is 33.2 Å². The van der Waals surface area contributed by atoms with E-state index < -0.39 is 0 Å². The number of hydrogen-bond donors (Lipinski definition) is 2. The lowest BCUT2D eigenvalue weighted by molar-refractivity contribution is 0.572. The summed E-state index contributed by atoms with van der Waals surface area (Å²) in [5, 5.41) is 11.4. The Hall–Kier alpha value is -3.87. The summed E-state index contributed by atoms with van der Waals surface area (Å²) >= 11 is 0. The molecule has 0 aliphatic rings. The molecule has 2 aromatic carbocycles. The summed E-state index contributed by atoms with van der Waals surface area (Å²) < 4.78 is 7.56. The highest BCUT2D eigenvalue weighted by Gasteiger charge is 2.08. The molecule has 0 unspecified atom stereocenters. The van der Waals surface area contributed by atoms with Crippen LogP contribution < -0.4 is 10.6 Å². The normalized spacial score (nSPS) is 11.5. The fourth-order valence-corrected chi connectivity index (χ4v) is 3.53. The van der Waals surface area contributed by atoms with Crippen molar-refractivity contribution in [1.29, 1.82) is 0 Å². The smallest absolute Gasteiger partial charge is 0.226 e. The van der Waals surface area contributed by atoms with Crippen LogP contribution in [0.25, 0.3) is 17.1 Å². The molecule has 0 bridgehead atoms. The van der Waals surface area contributed by atoms with Gasteiger partial charge in [-0.05, 0) is 56.5 Å². The Morgan fingerprint density at radius 1 is 1.03 bits per heavy atom. The molecule has 0 fully saturated rings. The maximum absolute atomic E-state index is 5.61. The Labute approximate surface area is 194 Å². The standard InChI is InChI=1S/C26H30N6O/c1-3-27-26(29-17-23-19-33-25(30-23)21-11-6-4-7-12-21)28-16-10-13-22-18-32(31-20(22)2)24-14-8-5-9-15-24/h4-9,11-12,14-15,18-19H,3,10,13,16-17H2,1-2H3,(H2,27,28,29). The van der Waals surface area contributed by atoms with Gasteiger partial charge in [-0.1, -0.05) is 36.4 Å². The van der Waals surface area contributed by atoms with E-state index in [0.717, 1.165) is 54.5 Å². The quantitative estimate of drug-likeness (QED) is 0.226. The molecule has 2 heterocycles. The summed E-state index contributed by atoms with van der Waals surface area (Å²) in [6.07, 6.45) is 5.73. The minimum absolute atomic E-state index is 0.453. The molecule has 0 spiro atoms. The summed E-state index contributed by atoms with van der Waals surface area (Å²) in [6, 6.07) is 20.1. The van der Waals surface area contributed by atoms with E-state index >= 15 is 0 Å². The molecule has 4 rings (SSSR count). The van der Waals surface area contributed by atoms with Crippen LogP contribution in [0.1, 0.15) is 30.3 Å². The van der Waals surface area contributed by atoms with E-state index in [-0.39, 0.29) is 0 Å². The molecular weight excluding hydrogens is 412 g/mol. The number of benzene rings is 2. The number of nitrogens with one attached hydrogen (secondary N) is 2. The van der Waals surface area contributed by atoms with Crippen molar-refractivity contribution >= 4 is 5.96 Å². The lowest BCUT2D eigenvalue weighted by atomic mass is 10.1. The van der Waals surface area contributed by atoms with Crippen molar-refractivity contribution < 1.29 is 4.42 Å². The van der Waals surface area contributed by atoms with Crippen LogP contribution in [-0.2, 0) is 13.0 Å². The average Bonchev–Trinajstić information content (AvgIpc) is 3.48. The lowest BCUT2D eigenvalue weighted by Gasteiger charge is -2.10. The first-order valence-corrected chi connectivity index (χ1v) is 11.4. The Morgan fingerprint density at radius 2 is 1.79 bits per heavy atom. The fourth-order valence-electron chi connectivity index (χ4n) is 3.53. The zero-order valence-corrected chi connectivity index (χ0v) is 19.2. The molecule has 0 aliphatic carbocycles. The van der Waals surface area contributed by atoms with Gasteiger partial charge in [0.1, 0.15) is 12.0 Å². The van der Waals surface area contributed by atoms with Gasteiger partial charge < -0.3 is 15.1 Å². The van der Waals surface area contributed by atoms with Gasteiger partial charge in [0.2, 0.25) is 5.89 Å². The zero-order chi connectivity index (χ0) is 22.9. The van der Waals surface area contributed by atoms with Crippen molar-refractivity contribution in [2.24, 2.45) is 4.99 Å². The molecule has 0 atom stereocenters. The number of hydrogen-bond acceptors (Lipinski definition) is 4. The van der Waals surface area contributed by atoms with E-state index in [4.69, 9.17) is 4.42 Å². The van der Waals surface area contributed by atoms with Crippen molar-refractivity contribution in [1.82, 2.24) is 25.4 Å². The van der Waals surface area contributed by atoms with Gasteiger partial charge in [0.15, 0.2) is 5.96 Å². The predicted molar refractivity (Wildman–Crippen MR) is 131 cm³/mol. The van der Waals surface area contributed by atoms with E-state index in [1.807, 2.05) is 53.2 Å². The maximum atomic E-state index is 5.61. The second kappa shape index (κ2) is 11.1. The van der Waals surface area contributed by atoms with Crippen LogP contribution in [0.4, 0.5) is 0 Å². The minimum Gasteiger partial charge on any atom is -0.444 e. The van der Waals surface area contributed by atoms with Crippen LogP contribution >= 0.6 is 0 Å². The van der Waals surface area contributed by atoms with Gasteiger partial charge in [-0.3, -0.25) is 0 Å². The number of rotatable bonds is 9. The second-order valence-corrected chi connectivity index (χ2v) is 7.76. The SMILES string of the molecule is CCNC(=NCc1coc(-c2ccccc2)n1)NCCCc1cn(-c2ccccc2)nc1C. The molecule has 0 radical (unpaired) electrons. The number of guanidine groups is 1. The first kappa shape index (κ1) is 22.3. The van der Waals surface area contributed by atoms with Crippen LogP contribution in [0, 0.1) is 6.92 Å². The monoisotopic (exact) mass is 442 g/mol. The van der Waals surface area contributed by atoms with E-state index in [9.17, 15) is 0 Å². The fraction of sp³-hybridized carbons (Fsp3) is 0.269. The largest absolute Gasteiger partial charge is 0.444 e. The zero-order valence-electron chi connectivity index (χ0n) is 19.2. The molecule has 7 heteroatoms. The van der Waals surface area contributed by atoms with Crippen molar-refractivity contribution in [3.63, 3.8) is 0 Å². The van der Waals surface area contributed by atoms with E-state index in [0.29, 0.717) is 12.4 Å². The van der Waals surface area contributed by atoms with E-state index in [1.165, 1.54) is 5.56 Å². The molecule has 33 heavy (non-hydrogen) atoms. The van der Waals surface area contributed by atoms with Crippen LogP contribution in [0.2, 0.25) is 0 Å². The van der Waals surface area contributed by atoms with Gasteiger partial charge in [0.05, 0.1) is 17.9 Å². The van der Waals surface area contributed by atoms with Gasteiger partial charge in [0, 0.05) is 24.8 Å². The highest BCUT2D eigenvalue weighted by Crippen LogP contribution is 2.18. The molecule has 0 aliphatic heterocycles. The maximum Gasteiger partial charge on any atom is 0.226 e. The molecule has 170 valence electrons. The number of aromatic nitrogens is 3. The molecule has 0 saturated heterocycles. The van der Waals surface area contributed by atoms with Gasteiger partial charge in [-0.15, -0.1) is 0 Å². The van der Waals surface area contributed by atoms with Crippen molar-refractivity contribution in [3.8, 4) is 17.1 Å². The van der Waals surface area contributed by atoms with Crippen molar-refractivity contribution in [2.75, 3.05) is 13.1 Å².